The molecule has 0 amide bonds. The van der Waals surface area contributed by atoms with Gasteiger partial charge in [0.15, 0.2) is 0 Å². The highest BCUT2D eigenvalue weighted by molar-refractivity contribution is 7.39. The molecular formula is C6H15N2O3P. The highest BCUT2D eigenvalue weighted by Gasteiger charge is 2.18. The molecule has 1 aliphatic heterocycles. The predicted octanol–water partition coefficient (Wildman–Crippen LogP) is -0.200. The van der Waals surface area contributed by atoms with Crippen LogP contribution in [0.5, 0.6) is 0 Å². The summed E-state index contributed by atoms with van der Waals surface area (Å²) in [5.74, 6) is 5.98. The number of piperidine rings is 1. The van der Waals surface area contributed by atoms with E-state index in [1.165, 1.54) is 0 Å². The molecule has 0 spiro atoms. The van der Waals surface area contributed by atoms with Gasteiger partial charge in [-0.15, -0.1) is 0 Å². The van der Waals surface area contributed by atoms with Crippen molar-refractivity contribution in [2.75, 3.05) is 19.7 Å². The number of hydrazine groups is 1. The first-order valence-electron chi connectivity index (χ1n) is 3.99. The molecular weight excluding hydrogens is 179 g/mol. The van der Waals surface area contributed by atoms with E-state index in [9.17, 15) is 0 Å². The van der Waals surface area contributed by atoms with Crippen LogP contribution in [0.2, 0.25) is 0 Å². The molecule has 0 unspecified atom stereocenters. The first-order chi connectivity index (χ1) is 5.68. The molecule has 1 fully saturated rings. The van der Waals surface area contributed by atoms with Crippen molar-refractivity contribution < 1.29 is 14.3 Å². The Hall–Kier alpha value is 0.230. The molecule has 6 heteroatoms. The van der Waals surface area contributed by atoms with E-state index in [4.69, 9.17) is 20.2 Å². The SMILES string of the molecule is NN1CCC(COP(O)O)CC1. The van der Waals surface area contributed by atoms with Crippen LogP contribution in [0, 0.1) is 5.92 Å². The number of hydrogen-bond acceptors (Lipinski definition) is 5. The van der Waals surface area contributed by atoms with Crippen molar-refractivity contribution in [2.45, 2.75) is 12.8 Å². The van der Waals surface area contributed by atoms with Gasteiger partial charge in [0.2, 0.25) is 0 Å². The Morgan fingerprint density at radius 3 is 2.50 bits per heavy atom. The van der Waals surface area contributed by atoms with E-state index in [1.54, 1.807) is 5.01 Å². The van der Waals surface area contributed by atoms with E-state index in [0.717, 1.165) is 25.9 Å². The number of nitrogens with zero attached hydrogens (tertiary/aromatic N) is 1. The standard InChI is InChI=1S/C6H15N2O3P/c7-8-3-1-6(2-4-8)5-11-12(9)10/h6,9-10H,1-5,7H2. The van der Waals surface area contributed by atoms with Gasteiger partial charge in [-0.1, -0.05) is 0 Å². The van der Waals surface area contributed by atoms with Gasteiger partial charge in [-0.05, 0) is 18.8 Å². The fourth-order valence-corrected chi connectivity index (χ4v) is 1.64. The second-order valence-corrected chi connectivity index (χ2v) is 3.79. The summed E-state index contributed by atoms with van der Waals surface area (Å²) in [5.41, 5.74) is 0. The van der Waals surface area contributed by atoms with Gasteiger partial charge in [0.05, 0.1) is 6.61 Å². The third-order valence-electron chi connectivity index (χ3n) is 2.07. The van der Waals surface area contributed by atoms with E-state index in [1.807, 2.05) is 0 Å². The Morgan fingerprint density at radius 1 is 1.42 bits per heavy atom. The van der Waals surface area contributed by atoms with E-state index >= 15 is 0 Å². The third-order valence-corrected chi connectivity index (χ3v) is 2.45. The van der Waals surface area contributed by atoms with Crippen LogP contribution in [-0.4, -0.2) is 34.5 Å². The van der Waals surface area contributed by atoms with Crippen molar-refractivity contribution in [3.05, 3.63) is 0 Å². The van der Waals surface area contributed by atoms with E-state index < -0.39 is 8.60 Å². The number of hydrogen-bond donors (Lipinski definition) is 3. The molecule has 1 heterocycles. The molecule has 0 radical (unpaired) electrons. The summed E-state index contributed by atoms with van der Waals surface area (Å²) in [4.78, 5) is 17.0. The lowest BCUT2D eigenvalue weighted by atomic mass is 9.99. The minimum atomic E-state index is -2.18. The average Bonchev–Trinajstić information content (AvgIpc) is 2.03. The molecule has 5 nitrogen and oxygen atoms in total. The smallest absolute Gasteiger partial charge is 0.327 e. The molecule has 12 heavy (non-hydrogen) atoms. The van der Waals surface area contributed by atoms with Gasteiger partial charge in [0.1, 0.15) is 0 Å². The Balaban J connectivity index is 2.09. The van der Waals surface area contributed by atoms with Crippen LogP contribution in [0.4, 0.5) is 0 Å². The van der Waals surface area contributed by atoms with E-state index in [0.29, 0.717) is 12.5 Å². The lowest BCUT2D eigenvalue weighted by Gasteiger charge is -2.28. The minimum absolute atomic E-state index is 0.425. The maximum Gasteiger partial charge on any atom is 0.327 e. The molecule has 0 aromatic heterocycles. The Kier molecular flexibility index (Phi) is 4.35. The molecule has 0 aliphatic carbocycles. The summed E-state index contributed by atoms with van der Waals surface area (Å²) < 4.78 is 4.73. The van der Waals surface area contributed by atoms with Crippen molar-refractivity contribution >= 4 is 8.60 Å². The highest BCUT2D eigenvalue weighted by Crippen LogP contribution is 2.27. The molecule has 4 N–H and O–H groups in total. The molecule has 0 aromatic rings. The minimum Gasteiger partial charge on any atom is -0.328 e. The van der Waals surface area contributed by atoms with Crippen molar-refractivity contribution in [1.82, 2.24) is 5.01 Å². The second-order valence-electron chi connectivity index (χ2n) is 3.03. The quantitative estimate of drug-likeness (QED) is 0.428. The third kappa shape index (κ3) is 3.76. The maximum absolute atomic E-state index is 8.50. The van der Waals surface area contributed by atoms with Gasteiger partial charge in [0.25, 0.3) is 0 Å². The lowest BCUT2D eigenvalue weighted by Crippen LogP contribution is -2.39. The van der Waals surface area contributed by atoms with Crippen molar-refractivity contribution in [3.8, 4) is 0 Å². The van der Waals surface area contributed by atoms with Crippen molar-refractivity contribution in [1.29, 1.82) is 0 Å². The highest BCUT2D eigenvalue weighted by atomic mass is 31.2. The zero-order valence-corrected chi connectivity index (χ0v) is 7.78. The van der Waals surface area contributed by atoms with Crippen LogP contribution < -0.4 is 5.84 Å². The monoisotopic (exact) mass is 194 g/mol. The zero-order chi connectivity index (χ0) is 8.97. The van der Waals surface area contributed by atoms with Gasteiger partial charge in [-0.2, -0.15) is 0 Å². The molecule has 72 valence electrons. The van der Waals surface area contributed by atoms with Gasteiger partial charge in [0, 0.05) is 13.1 Å². The van der Waals surface area contributed by atoms with E-state index in [2.05, 4.69) is 0 Å². The summed E-state index contributed by atoms with van der Waals surface area (Å²) in [5, 5.41) is 1.78. The largest absolute Gasteiger partial charge is 0.328 e. The van der Waals surface area contributed by atoms with Crippen LogP contribution in [0.25, 0.3) is 0 Å². The normalized spacial score (nSPS) is 22.0. The second kappa shape index (κ2) is 5.07. The number of nitrogens with two attached hydrogens (primary N) is 1. The zero-order valence-electron chi connectivity index (χ0n) is 6.89. The summed E-state index contributed by atoms with van der Waals surface area (Å²) in [6, 6.07) is 0. The summed E-state index contributed by atoms with van der Waals surface area (Å²) in [7, 11) is -2.18. The van der Waals surface area contributed by atoms with Crippen molar-refractivity contribution in [2.24, 2.45) is 11.8 Å². The molecule has 1 aliphatic rings. The average molecular weight is 194 g/mol. The van der Waals surface area contributed by atoms with Crippen LogP contribution in [0.1, 0.15) is 12.8 Å². The van der Waals surface area contributed by atoms with Crippen LogP contribution in [-0.2, 0) is 4.52 Å². The predicted molar refractivity (Wildman–Crippen MR) is 45.8 cm³/mol. The fourth-order valence-electron chi connectivity index (χ4n) is 1.29. The molecule has 1 saturated heterocycles. The maximum atomic E-state index is 8.50. The first-order valence-corrected chi connectivity index (χ1v) is 5.15. The molecule has 0 atom stereocenters. The topological polar surface area (TPSA) is 79.0 Å². The van der Waals surface area contributed by atoms with Crippen molar-refractivity contribution in [3.63, 3.8) is 0 Å². The summed E-state index contributed by atoms with van der Waals surface area (Å²) >= 11 is 0. The Labute approximate surface area is 73.1 Å². The molecule has 0 aromatic carbocycles. The van der Waals surface area contributed by atoms with E-state index in [-0.39, 0.29) is 0 Å². The van der Waals surface area contributed by atoms with Crippen LogP contribution in [0.3, 0.4) is 0 Å². The number of rotatable bonds is 3. The molecule has 0 saturated carbocycles. The molecule has 0 bridgehead atoms. The Morgan fingerprint density at radius 2 is 2.00 bits per heavy atom. The van der Waals surface area contributed by atoms with Crippen LogP contribution >= 0.6 is 8.60 Å². The van der Waals surface area contributed by atoms with Gasteiger partial charge in [-0.25, -0.2) is 5.01 Å². The summed E-state index contributed by atoms with van der Waals surface area (Å²) in [6.45, 7) is 2.16. The Bertz CT molecular complexity index is 128. The molecule has 1 rings (SSSR count). The van der Waals surface area contributed by atoms with Gasteiger partial charge in [-0.3, -0.25) is 5.84 Å². The summed E-state index contributed by atoms with van der Waals surface area (Å²) in [6.07, 6.45) is 1.94. The fraction of sp³-hybridized carbons (Fsp3) is 1.00. The lowest BCUT2D eigenvalue weighted by molar-refractivity contribution is 0.134. The van der Waals surface area contributed by atoms with Crippen LogP contribution in [0.15, 0.2) is 0 Å². The van der Waals surface area contributed by atoms with Gasteiger partial charge < -0.3 is 14.3 Å². The first kappa shape index (κ1) is 10.3. The van der Waals surface area contributed by atoms with Gasteiger partial charge >= 0.3 is 8.60 Å².